The smallest absolute Gasteiger partial charge is 0.312 e. The minimum atomic E-state index is -0.941. The largest absolute Gasteiger partial charge is 0.481 e. The van der Waals surface area contributed by atoms with E-state index >= 15 is 0 Å². The molecule has 2 aromatic rings. The average Bonchev–Trinajstić information content (AvgIpc) is 2.41. The van der Waals surface area contributed by atoms with Gasteiger partial charge in [0.1, 0.15) is 11.7 Å². The molecule has 0 aliphatic rings. The van der Waals surface area contributed by atoms with Gasteiger partial charge in [0.2, 0.25) is 0 Å². The second-order valence-electron chi connectivity index (χ2n) is 4.52. The van der Waals surface area contributed by atoms with Crippen molar-refractivity contribution in [3.8, 4) is 0 Å². The summed E-state index contributed by atoms with van der Waals surface area (Å²) < 4.78 is 13.7. The van der Waals surface area contributed by atoms with E-state index in [4.69, 9.17) is 0 Å². The molecule has 0 aliphatic heterocycles. The topological polar surface area (TPSA) is 50.2 Å². The lowest BCUT2D eigenvalue weighted by molar-refractivity contribution is -0.138. The van der Waals surface area contributed by atoms with E-state index in [-0.39, 0.29) is 12.2 Å². The number of aromatic nitrogens is 1. The van der Waals surface area contributed by atoms with E-state index in [9.17, 15) is 14.3 Å². The lowest BCUT2D eigenvalue weighted by Gasteiger charge is -2.13. The highest BCUT2D eigenvalue weighted by molar-refractivity contribution is 9.10. The zero-order valence-corrected chi connectivity index (χ0v) is 12.4. The van der Waals surface area contributed by atoms with E-state index in [0.717, 1.165) is 15.7 Å². The summed E-state index contributed by atoms with van der Waals surface area (Å²) in [5.74, 6) is -2.02. The van der Waals surface area contributed by atoms with Gasteiger partial charge >= 0.3 is 5.97 Å². The second-order valence-corrected chi connectivity index (χ2v) is 5.38. The average molecular weight is 338 g/mol. The van der Waals surface area contributed by atoms with Crippen molar-refractivity contribution in [1.29, 1.82) is 0 Å². The molecular weight excluding hydrogens is 325 g/mol. The zero-order valence-electron chi connectivity index (χ0n) is 10.8. The van der Waals surface area contributed by atoms with Gasteiger partial charge in [-0.25, -0.2) is 4.39 Å². The molecule has 0 bridgehead atoms. The molecule has 2 rings (SSSR count). The SMILES string of the molecule is Cc1nc(C(Cc2ccc(F)cc2)C(=O)O)ccc1Br. The number of nitrogens with zero attached hydrogens (tertiary/aromatic N) is 1. The number of pyridine rings is 1. The fraction of sp³-hybridized carbons (Fsp3) is 0.200. The van der Waals surface area contributed by atoms with Crippen LogP contribution in [0.5, 0.6) is 0 Å². The molecule has 0 amide bonds. The Morgan fingerprint density at radius 3 is 2.50 bits per heavy atom. The fourth-order valence-electron chi connectivity index (χ4n) is 1.93. The molecule has 0 fully saturated rings. The molecule has 5 heteroatoms. The summed E-state index contributed by atoms with van der Waals surface area (Å²) in [6.45, 7) is 1.81. The number of hydrogen-bond acceptors (Lipinski definition) is 2. The number of aliphatic carboxylic acids is 1. The first-order chi connectivity index (χ1) is 9.47. The van der Waals surface area contributed by atoms with E-state index in [1.165, 1.54) is 12.1 Å². The van der Waals surface area contributed by atoms with Gasteiger partial charge in [-0.1, -0.05) is 12.1 Å². The first-order valence-electron chi connectivity index (χ1n) is 6.07. The number of halogens is 2. The number of rotatable bonds is 4. The Bertz CT molecular complexity index is 628. The Morgan fingerprint density at radius 1 is 1.30 bits per heavy atom. The van der Waals surface area contributed by atoms with Crippen molar-refractivity contribution in [1.82, 2.24) is 4.98 Å². The molecule has 1 aromatic heterocycles. The van der Waals surface area contributed by atoms with Crippen LogP contribution >= 0.6 is 15.9 Å². The van der Waals surface area contributed by atoms with Crippen LogP contribution in [0.15, 0.2) is 40.9 Å². The van der Waals surface area contributed by atoms with E-state index < -0.39 is 11.9 Å². The van der Waals surface area contributed by atoms with Crippen molar-refractivity contribution < 1.29 is 14.3 Å². The van der Waals surface area contributed by atoms with Crippen molar-refractivity contribution in [2.24, 2.45) is 0 Å². The Hall–Kier alpha value is -1.75. The standard InChI is InChI=1S/C15H13BrFNO2/c1-9-13(16)6-7-14(18-9)12(15(19)20)8-10-2-4-11(17)5-3-10/h2-7,12H,8H2,1H3,(H,19,20). The maximum absolute atomic E-state index is 12.9. The number of aryl methyl sites for hydroxylation is 1. The highest BCUT2D eigenvalue weighted by Gasteiger charge is 2.22. The highest BCUT2D eigenvalue weighted by atomic mass is 79.9. The predicted octanol–water partition coefficient (Wildman–Crippen LogP) is 3.70. The number of benzene rings is 1. The third-order valence-electron chi connectivity index (χ3n) is 3.05. The minimum Gasteiger partial charge on any atom is -0.481 e. The van der Waals surface area contributed by atoms with E-state index in [1.807, 2.05) is 6.92 Å². The van der Waals surface area contributed by atoms with Crippen LogP contribution in [-0.4, -0.2) is 16.1 Å². The van der Waals surface area contributed by atoms with Crippen molar-refractivity contribution in [2.45, 2.75) is 19.3 Å². The molecule has 104 valence electrons. The third kappa shape index (κ3) is 3.42. The van der Waals surface area contributed by atoms with Crippen molar-refractivity contribution in [2.75, 3.05) is 0 Å². The Labute approximate surface area is 124 Å². The van der Waals surface area contributed by atoms with E-state index in [2.05, 4.69) is 20.9 Å². The van der Waals surface area contributed by atoms with Crippen LogP contribution in [0.1, 0.15) is 22.9 Å². The zero-order chi connectivity index (χ0) is 14.7. The number of carboxylic acid groups (broad SMARTS) is 1. The van der Waals surface area contributed by atoms with Gasteiger partial charge in [-0.3, -0.25) is 9.78 Å². The van der Waals surface area contributed by atoms with Crippen LogP contribution in [0.2, 0.25) is 0 Å². The maximum atomic E-state index is 12.9. The molecule has 1 aromatic carbocycles. The van der Waals surface area contributed by atoms with Gasteiger partial charge in [0.25, 0.3) is 0 Å². The summed E-state index contributed by atoms with van der Waals surface area (Å²) in [5.41, 5.74) is 2.01. The summed E-state index contributed by atoms with van der Waals surface area (Å²) in [6, 6.07) is 9.33. The highest BCUT2D eigenvalue weighted by Crippen LogP contribution is 2.23. The second kappa shape index (κ2) is 6.13. The minimum absolute atomic E-state index is 0.281. The van der Waals surface area contributed by atoms with Crippen LogP contribution in [0.25, 0.3) is 0 Å². The van der Waals surface area contributed by atoms with Gasteiger partial charge in [0.05, 0.1) is 11.4 Å². The first-order valence-corrected chi connectivity index (χ1v) is 6.87. The van der Waals surface area contributed by atoms with E-state index in [0.29, 0.717) is 5.69 Å². The summed E-state index contributed by atoms with van der Waals surface area (Å²) in [7, 11) is 0. The van der Waals surface area contributed by atoms with Gasteiger partial charge in [0, 0.05) is 4.47 Å². The van der Waals surface area contributed by atoms with Crippen LogP contribution in [-0.2, 0) is 11.2 Å². The van der Waals surface area contributed by atoms with Gasteiger partial charge in [-0.15, -0.1) is 0 Å². The quantitative estimate of drug-likeness (QED) is 0.925. The third-order valence-corrected chi connectivity index (χ3v) is 3.89. The Balaban J connectivity index is 2.29. The maximum Gasteiger partial charge on any atom is 0.312 e. The van der Waals surface area contributed by atoms with Crippen LogP contribution < -0.4 is 0 Å². The Kier molecular flexibility index (Phi) is 4.49. The van der Waals surface area contributed by atoms with Gasteiger partial charge < -0.3 is 5.11 Å². The normalized spacial score (nSPS) is 12.2. The monoisotopic (exact) mass is 337 g/mol. The van der Waals surface area contributed by atoms with Gasteiger partial charge in [-0.05, 0) is 59.1 Å². The summed E-state index contributed by atoms with van der Waals surface area (Å²) in [5, 5.41) is 9.38. The van der Waals surface area contributed by atoms with Crippen LogP contribution in [0, 0.1) is 12.7 Å². The van der Waals surface area contributed by atoms with Crippen molar-refractivity contribution in [3.63, 3.8) is 0 Å². The molecule has 1 atom stereocenters. The Morgan fingerprint density at radius 2 is 1.95 bits per heavy atom. The molecule has 0 saturated heterocycles. The van der Waals surface area contributed by atoms with Gasteiger partial charge in [-0.2, -0.15) is 0 Å². The molecule has 0 aliphatic carbocycles. The number of carboxylic acids is 1. The first kappa shape index (κ1) is 14.7. The lowest BCUT2D eigenvalue weighted by atomic mass is 9.95. The number of carbonyl (C=O) groups is 1. The molecule has 20 heavy (non-hydrogen) atoms. The molecule has 0 spiro atoms. The molecule has 0 saturated carbocycles. The molecule has 3 nitrogen and oxygen atoms in total. The molecular formula is C15H13BrFNO2. The van der Waals surface area contributed by atoms with Crippen LogP contribution in [0.3, 0.4) is 0 Å². The number of hydrogen-bond donors (Lipinski definition) is 1. The lowest BCUT2D eigenvalue weighted by Crippen LogP contribution is -2.16. The van der Waals surface area contributed by atoms with Crippen molar-refractivity contribution >= 4 is 21.9 Å². The molecule has 1 heterocycles. The predicted molar refractivity (Wildman–Crippen MR) is 77.2 cm³/mol. The fourth-order valence-corrected chi connectivity index (χ4v) is 2.15. The molecule has 1 N–H and O–H groups in total. The summed E-state index contributed by atoms with van der Waals surface area (Å²) in [6.07, 6.45) is 0.281. The summed E-state index contributed by atoms with van der Waals surface area (Å²) >= 11 is 3.34. The van der Waals surface area contributed by atoms with E-state index in [1.54, 1.807) is 24.3 Å². The molecule has 1 unspecified atom stereocenters. The van der Waals surface area contributed by atoms with Crippen LogP contribution in [0.4, 0.5) is 4.39 Å². The molecule has 0 radical (unpaired) electrons. The van der Waals surface area contributed by atoms with Gasteiger partial charge in [0.15, 0.2) is 0 Å². The summed E-state index contributed by atoms with van der Waals surface area (Å²) in [4.78, 5) is 15.7. The van der Waals surface area contributed by atoms with Crippen molar-refractivity contribution in [3.05, 3.63) is 63.6 Å².